The fourth-order valence-electron chi connectivity index (χ4n) is 3.93. The van der Waals surface area contributed by atoms with E-state index >= 15 is 0 Å². The van der Waals surface area contributed by atoms with E-state index in [1.54, 1.807) is 75.4 Å². The van der Waals surface area contributed by atoms with Crippen molar-refractivity contribution in [3.63, 3.8) is 0 Å². The summed E-state index contributed by atoms with van der Waals surface area (Å²) in [6, 6.07) is 12.1. The zero-order chi connectivity index (χ0) is 29.7. The number of benzene rings is 2. The Kier molecular flexibility index (Phi) is 12.6. The zero-order valence-corrected chi connectivity index (χ0v) is 23.4. The molecule has 2 aromatic carbocycles. The van der Waals surface area contributed by atoms with Gasteiger partial charge in [0.05, 0.1) is 37.7 Å². The molecule has 0 aliphatic rings. The van der Waals surface area contributed by atoms with Crippen molar-refractivity contribution in [3.8, 4) is 5.75 Å². The molecule has 3 N–H and O–H groups in total. The van der Waals surface area contributed by atoms with Crippen LogP contribution in [0.5, 0.6) is 5.75 Å². The number of nitrogens with one attached hydrogen (secondary N) is 1. The fraction of sp³-hybridized carbons (Fsp3) is 0.367. The van der Waals surface area contributed by atoms with Gasteiger partial charge in [0, 0.05) is 17.7 Å². The van der Waals surface area contributed by atoms with Crippen molar-refractivity contribution in [1.29, 1.82) is 5.41 Å². The number of amidine groups is 1. The Morgan fingerprint density at radius 3 is 1.88 bits per heavy atom. The van der Waals surface area contributed by atoms with Gasteiger partial charge < -0.3 is 24.8 Å². The normalized spacial score (nSPS) is 11.1. The van der Waals surface area contributed by atoms with Crippen LogP contribution < -0.4 is 10.5 Å². The highest BCUT2D eigenvalue weighted by molar-refractivity contribution is 5.98. The lowest BCUT2D eigenvalue weighted by Gasteiger charge is -2.31. The fourth-order valence-corrected chi connectivity index (χ4v) is 3.93. The lowest BCUT2D eigenvalue weighted by Crippen LogP contribution is -2.44. The highest BCUT2D eigenvalue weighted by Gasteiger charge is 2.29. The third-order valence-electron chi connectivity index (χ3n) is 5.82. The van der Waals surface area contributed by atoms with Gasteiger partial charge in [-0.05, 0) is 75.2 Å². The first-order valence-corrected chi connectivity index (χ1v) is 13.2. The van der Waals surface area contributed by atoms with Gasteiger partial charge in [-0.25, -0.2) is 4.79 Å². The lowest BCUT2D eigenvalue weighted by molar-refractivity contribution is -0.148. The minimum Gasteiger partial charge on any atom is -0.466 e. The van der Waals surface area contributed by atoms with Crippen LogP contribution in [0.4, 0.5) is 0 Å². The molecule has 10 heteroatoms. The van der Waals surface area contributed by atoms with Crippen LogP contribution in [0.25, 0.3) is 6.08 Å². The van der Waals surface area contributed by atoms with Crippen molar-refractivity contribution in [2.24, 2.45) is 5.73 Å². The molecule has 0 fully saturated rings. The maximum absolute atomic E-state index is 13.5. The molecule has 0 radical (unpaired) electrons. The monoisotopic (exact) mass is 551 g/mol. The molecule has 2 aromatic rings. The van der Waals surface area contributed by atoms with Crippen molar-refractivity contribution in [2.45, 2.75) is 53.0 Å². The van der Waals surface area contributed by atoms with Crippen molar-refractivity contribution in [1.82, 2.24) is 4.90 Å². The van der Waals surface area contributed by atoms with E-state index in [0.29, 0.717) is 41.0 Å². The summed E-state index contributed by atoms with van der Waals surface area (Å²) in [4.78, 5) is 52.0. The summed E-state index contributed by atoms with van der Waals surface area (Å²) >= 11 is 0. The minimum absolute atomic E-state index is 0.0818. The predicted octanol–water partition coefficient (Wildman–Crippen LogP) is 4.11. The zero-order valence-electron chi connectivity index (χ0n) is 23.4. The number of hydrogen-bond donors (Lipinski definition) is 2. The van der Waals surface area contributed by atoms with Crippen LogP contribution in [-0.2, 0) is 23.9 Å². The summed E-state index contributed by atoms with van der Waals surface area (Å²) in [6.45, 7) is 7.67. The Bertz CT molecular complexity index is 1200. The standard InChI is InChI=1S/C30H37N3O7/c1-5-16-33(24(18-26(34)38-6-2)19-27(35)39-7-3)29(36)20(4)17-21-8-10-23(11-9-21)30(37)40-25-14-12-22(13-15-25)28(31)32/h8-15,17,24H,5-7,16,18-19H2,1-4H3,(H3,31,32)/b20-17+. The highest BCUT2D eigenvalue weighted by atomic mass is 16.5. The number of rotatable bonds is 14. The second-order valence-electron chi connectivity index (χ2n) is 8.95. The molecule has 0 aliphatic heterocycles. The molecule has 0 aliphatic carbocycles. The van der Waals surface area contributed by atoms with Gasteiger partial charge in [-0.3, -0.25) is 19.8 Å². The smallest absolute Gasteiger partial charge is 0.343 e. The molecule has 0 saturated carbocycles. The first kappa shape index (κ1) is 31.7. The van der Waals surface area contributed by atoms with Crippen LogP contribution in [0.1, 0.15) is 68.4 Å². The van der Waals surface area contributed by atoms with Crippen LogP contribution >= 0.6 is 0 Å². The maximum atomic E-state index is 13.5. The highest BCUT2D eigenvalue weighted by Crippen LogP contribution is 2.19. The van der Waals surface area contributed by atoms with E-state index in [1.165, 1.54) is 4.90 Å². The molecule has 0 aromatic heterocycles. The van der Waals surface area contributed by atoms with Crippen LogP contribution in [-0.4, -0.2) is 60.4 Å². The van der Waals surface area contributed by atoms with Crippen molar-refractivity contribution in [3.05, 3.63) is 70.8 Å². The Morgan fingerprint density at radius 2 is 1.40 bits per heavy atom. The van der Waals surface area contributed by atoms with Crippen LogP contribution in [0.3, 0.4) is 0 Å². The molecular weight excluding hydrogens is 514 g/mol. The van der Waals surface area contributed by atoms with E-state index in [1.807, 2.05) is 6.92 Å². The third kappa shape index (κ3) is 9.68. The van der Waals surface area contributed by atoms with Crippen LogP contribution in [0.2, 0.25) is 0 Å². The van der Waals surface area contributed by atoms with E-state index in [0.717, 1.165) is 0 Å². The van der Waals surface area contributed by atoms with E-state index in [2.05, 4.69) is 0 Å². The molecule has 0 spiro atoms. The number of esters is 3. The van der Waals surface area contributed by atoms with Crippen molar-refractivity contribution >= 4 is 35.7 Å². The van der Waals surface area contributed by atoms with E-state index in [9.17, 15) is 19.2 Å². The largest absolute Gasteiger partial charge is 0.466 e. The molecular formula is C30H37N3O7. The number of hydrogen-bond acceptors (Lipinski definition) is 8. The van der Waals surface area contributed by atoms with E-state index in [-0.39, 0.29) is 37.8 Å². The Balaban J connectivity index is 2.18. The van der Waals surface area contributed by atoms with Gasteiger partial charge in [0.25, 0.3) is 0 Å². The first-order chi connectivity index (χ1) is 19.1. The second kappa shape index (κ2) is 15.8. The summed E-state index contributed by atoms with van der Waals surface area (Å²) in [6.07, 6.45) is 2.04. The van der Waals surface area contributed by atoms with Gasteiger partial charge in [0.2, 0.25) is 5.91 Å². The summed E-state index contributed by atoms with van der Waals surface area (Å²) in [5, 5.41) is 7.43. The van der Waals surface area contributed by atoms with Crippen molar-refractivity contribution in [2.75, 3.05) is 19.8 Å². The molecule has 40 heavy (non-hydrogen) atoms. The SMILES string of the molecule is CCCN(C(=O)/C(C)=C/c1ccc(C(=O)Oc2ccc(C(=N)N)cc2)cc1)C(CC(=O)OCC)CC(=O)OCC. The number of nitrogen functional groups attached to an aromatic ring is 1. The summed E-state index contributed by atoms with van der Waals surface area (Å²) < 4.78 is 15.5. The number of carbonyl (C=O) groups excluding carboxylic acids is 4. The Labute approximate surface area is 234 Å². The molecule has 0 unspecified atom stereocenters. The van der Waals surface area contributed by atoms with Crippen LogP contribution in [0.15, 0.2) is 54.1 Å². The van der Waals surface area contributed by atoms with Gasteiger partial charge in [-0.2, -0.15) is 0 Å². The van der Waals surface area contributed by atoms with Gasteiger partial charge >= 0.3 is 17.9 Å². The molecule has 2 rings (SSSR count). The van der Waals surface area contributed by atoms with E-state index in [4.69, 9.17) is 25.4 Å². The average Bonchev–Trinajstić information content (AvgIpc) is 2.92. The van der Waals surface area contributed by atoms with Gasteiger partial charge in [0.1, 0.15) is 11.6 Å². The predicted molar refractivity (Wildman–Crippen MR) is 151 cm³/mol. The van der Waals surface area contributed by atoms with Gasteiger partial charge in [-0.15, -0.1) is 0 Å². The maximum Gasteiger partial charge on any atom is 0.343 e. The average molecular weight is 552 g/mol. The number of amides is 1. The second-order valence-corrected chi connectivity index (χ2v) is 8.95. The molecule has 214 valence electrons. The third-order valence-corrected chi connectivity index (χ3v) is 5.82. The summed E-state index contributed by atoms with van der Waals surface area (Å²) in [5.74, 6) is -1.64. The van der Waals surface area contributed by atoms with Gasteiger partial charge in [-0.1, -0.05) is 19.1 Å². The molecule has 10 nitrogen and oxygen atoms in total. The number of ether oxygens (including phenoxy) is 3. The van der Waals surface area contributed by atoms with E-state index < -0.39 is 23.9 Å². The number of carbonyl (C=O) groups is 4. The Hall–Kier alpha value is -4.47. The Morgan fingerprint density at radius 1 is 0.875 bits per heavy atom. The quantitative estimate of drug-likeness (QED) is 0.117. The topological polar surface area (TPSA) is 149 Å². The van der Waals surface area contributed by atoms with Crippen LogP contribution in [0, 0.1) is 5.41 Å². The molecule has 0 bridgehead atoms. The number of nitrogens with zero attached hydrogens (tertiary/aromatic N) is 1. The summed E-state index contributed by atoms with van der Waals surface area (Å²) in [7, 11) is 0. The molecule has 0 saturated heterocycles. The van der Waals surface area contributed by atoms with Gasteiger partial charge in [0.15, 0.2) is 0 Å². The molecule has 0 heterocycles. The first-order valence-electron chi connectivity index (χ1n) is 13.2. The number of nitrogens with two attached hydrogens (primary N) is 1. The lowest BCUT2D eigenvalue weighted by atomic mass is 10.0. The summed E-state index contributed by atoms with van der Waals surface area (Å²) in [5.41, 5.74) is 7.35. The molecule has 0 atom stereocenters. The minimum atomic E-state index is -0.712. The van der Waals surface area contributed by atoms with Crippen molar-refractivity contribution < 1.29 is 33.4 Å². The molecule has 1 amide bonds.